The summed E-state index contributed by atoms with van der Waals surface area (Å²) in [5, 5.41) is 3.10. The molecule has 0 unspecified atom stereocenters. The Bertz CT molecular complexity index is 558. The van der Waals surface area contributed by atoms with Crippen LogP contribution in [-0.4, -0.2) is 50.8 Å². The molecule has 0 saturated heterocycles. The van der Waals surface area contributed by atoms with Gasteiger partial charge in [0.1, 0.15) is 0 Å². The van der Waals surface area contributed by atoms with Gasteiger partial charge in [0.25, 0.3) is 0 Å². The molecule has 0 radical (unpaired) electrons. The van der Waals surface area contributed by atoms with Gasteiger partial charge in [-0.05, 0) is 43.5 Å². The van der Waals surface area contributed by atoms with Gasteiger partial charge in [0.2, 0.25) is 0 Å². The number of fused-ring (bicyclic) bond motifs is 1. The normalized spacial score (nSPS) is 15.4. The minimum atomic E-state index is 0.308. The average molecular weight is 320 g/mol. The summed E-state index contributed by atoms with van der Waals surface area (Å²) in [5.74, 6) is 2.11. The molecule has 2 rings (SSSR count). The van der Waals surface area contributed by atoms with Crippen molar-refractivity contribution in [3.63, 3.8) is 0 Å². The standard InChI is InChI=1S/C17H28N4O2/c1-12(2)20-17(18)19-6-8-21-7-5-13-9-15(22-3)16(23-4)10-14(13)11-21/h9-10,12H,5-8,11H2,1-4H3,(H3,18,19,20). The van der Waals surface area contributed by atoms with Gasteiger partial charge in [0.15, 0.2) is 17.5 Å². The second-order valence-corrected chi connectivity index (χ2v) is 6.07. The molecule has 0 saturated carbocycles. The minimum Gasteiger partial charge on any atom is -0.493 e. The Morgan fingerprint density at radius 3 is 2.52 bits per heavy atom. The van der Waals surface area contributed by atoms with E-state index in [1.807, 2.05) is 13.8 Å². The van der Waals surface area contributed by atoms with Crippen LogP contribution in [0, 0.1) is 0 Å². The fourth-order valence-corrected chi connectivity index (χ4v) is 2.79. The summed E-state index contributed by atoms with van der Waals surface area (Å²) in [7, 11) is 3.34. The van der Waals surface area contributed by atoms with Crippen molar-refractivity contribution in [1.82, 2.24) is 10.2 Å². The third kappa shape index (κ3) is 4.76. The lowest BCUT2D eigenvalue weighted by Gasteiger charge is -2.29. The number of methoxy groups -OCH3 is 2. The fraction of sp³-hybridized carbons (Fsp3) is 0.588. The number of nitrogens with zero attached hydrogens (tertiary/aromatic N) is 2. The van der Waals surface area contributed by atoms with Crippen molar-refractivity contribution in [3.05, 3.63) is 23.3 Å². The van der Waals surface area contributed by atoms with Crippen molar-refractivity contribution in [2.24, 2.45) is 10.7 Å². The zero-order valence-electron chi connectivity index (χ0n) is 14.6. The Labute approximate surface area is 138 Å². The molecular formula is C17H28N4O2. The molecular weight excluding hydrogens is 292 g/mol. The molecule has 0 spiro atoms. The number of benzene rings is 1. The van der Waals surface area contributed by atoms with Crippen molar-refractivity contribution < 1.29 is 9.47 Å². The molecule has 0 aromatic heterocycles. The highest BCUT2D eigenvalue weighted by Crippen LogP contribution is 2.33. The maximum atomic E-state index is 5.83. The van der Waals surface area contributed by atoms with Crippen LogP contribution in [0.5, 0.6) is 11.5 Å². The molecule has 0 fully saturated rings. The van der Waals surface area contributed by atoms with Gasteiger partial charge in [-0.25, -0.2) is 0 Å². The first-order valence-electron chi connectivity index (χ1n) is 8.06. The SMILES string of the molecule is COc1cc2c(cc1OC)CN(CCN=C(N)NC(C)C)CC2. The summed E-state index contributed by atoms with van der Waals surface area (Å²) in [4.78, 5) is 6.76. The van der Waals surface area contributed by atoms with Crippen LogP contribution in [0.15, 0.2) is 17.1 Å². The molecule has 6 heteroatoms. The largest absolute Gasteiger partial charge is 0.493 e. The van der Waals surface area contributed by atoms with Gasteiger partial charge in [-0.2, -0.15) is 0 Å². The molecule has 0 aliphatic carbocycles. The lowest BCUT2D eigenvalue weighted by Crippen LogP contribution is -2.38. The smallest absolute Gasteiger partial charge is 0.188 e. The molecule has 6 nitrogen and oxygen atoms in total. The second kappa shape index (κ2) is 8.06. The Morgan fingerprint density at radius 2 is 1.91 bits per heavy atom. The quantitative estimate of drug-likeness (QED) is 0.612. The number of rotatable bonds is 6. The predicted octanol–water partition coefficient (Wildman–Crippen LogP) is 1.37. The van der Waals surface area contributed by atoms with E-state index >= 15 is 0 Å². The first-order valence-corrected chi connectivity index (χ1v) is 8.06. The number of guanidine groups is 1. The van der Waals surface area contributed by atoms with Crippen molar-refractivity contribution in [3.8, 4) is 11.5 Å². The zero-order chi connectivity index (χ0) is 16.8. The number of hydrogen-bond donors (Lipinski definition) is 2. The van der Waals surface area contributed by atoms with Crippen molar-refractivity contribution in [2.45, 2.75) is 32.9 Å². The van der Waals surface area contributed by atoms with Crippen molar-refractivity contribution >= 4 is 5.96 Å². The van der Waals surface area contributed by atoms with E-state index in [-0.39, 0.29) is 0 Å². The number of nitrogens with one attached hydrogen (secondary N) is 1. The molecule has 128 valence electrons. The molecule has 23 heavy (non-hydrogen) atoms. The minimum absolute atomic E-state index is 0.308. The van der Waals surface area contributed by atoms with E-state index in [9.17, 15) is 0 Å². The van der Waals surface area contributed by atoms with E-state index < -0.39 is 0 Å². The number of ether oxygens (including phenoxy) is 2. The summed E-state index contributed by atoms with van der Waals surface area (Å²) >= 11 is 0. The van der Waals surface area contributed by atoms with Crippen molar-refractivity contribution in [1.29, 1.82) is 0 Å². The van der Waals surface area contributed by atoms with Gasteiger partial charge >= 0.3 is 0 Å². The van der Waals surface area contributed by atoms with Gasteiger partial charge in [-0.15, -0.1) is 0 Å². The zero-order valence-corrected chi connectivity index (χ0v) is 14.6. The van der Waals surface area contributed by atoms with Crippen LogP contribution in [0.25, 0.3) is 0 Å². The van der Waals surface area contributed by atoms with E-state index in [2.05, 4.69) is 27.3 Å². The van der Waals surface area contributed by atoms with Gasteiger partial charge in [0.05, 0.1) is 20.8 Å². The molecule has 1 aliphatic rings. The van der Waals surface area contributed by atoms with Crippen LogP contribution in [-0.2, 0) is 13.0 Å². The summed E-state index contributed by atoms with van der Waals surface area (Å²) in [6.07, 6.45) is 1.01. The molecule has 3 N–H and O–H groups in total. The highest BCUT2D eigenvalue weighted by Gasteiger charge is 2.19. The first-order chi connectivity index (χ1) is 11.0. The van der Waals surface area contributed by atoms with Gasteiger partial charge in [-0.1, -0.05) is 0 Å². The third-order valence-corrected chi connectivity index (χ3v) is 3.93. The summed E-state index contributed by atoms with van der Waals surface area (Å²) in [6, 6.07) is 4.48. The second-order valence-electron chi connectivity index (χ2n) is 6.07. The van der Waals surface area contributed by atoms with Crippen LogP contribution in [0.2, 0.25) is 0 Å². The fourth-order valence-electron chi connectivity index (χ4n) is 2.79. The highest BCUT2D eigenvalue weighted by molar-refractivity contribution is 5.78. The lowest BCUT2D eigenvalue weighted by atomic mass is 9.99. The van der Waals surface area contributed by atoms with Crippen LogP contribution in [0.1, 0.15) is 25.0 Å². The number of hydrogen-bond acceptors (Lipinski definition) is 4. The molecule has 0 bridgehead atoms. The molecule has 1 aromatic carbocycles. The molecule has 1 heterocycles. The Hall–Kier alpha value is -1.95. The summed E-state index contributed by atoms with van der Waals surface area (Å²) in [5.41, 5.74) is 8.46. The molecule has 0 amide bonds. The van der Waals surface area contributed by atoms with E-state index in [1.165, 1.54) is 11.1 Å². The highest BCUT2D eigenvalue weighted by atomic mass is 16.5. The number of nitrogens with two attached hydrogens (primary N) is 1. The number of aliphatic imine (C=N–C) groups is 1. The van der Waals surface area contributed by atoms with E-state index in [4.69, 9.17) is 15.2 Å². The Kier molecular flexibility index (Phi) is 6.10. The molecule has 0 atom stereocenters. The van der Waals surface area contributed by atoms with E-state index in [0.717, 1.165) is 37.6 Å². The van der Waals surface area contributed by atoms with E-state index in [1.54, 1.807) is 14.2 Å². The monoisotopic (exact) mass is 320 g/mol. The maximum absolute atomic E-state index is 5.83. The van der Waals surface area contributed by atoms with Gasteiger partial charge in [0, 0.05) is 25.7 Å². The molecule has 1 aromatic rings. The van der Waals surface area contributed by atoms with Crippen LogP contribution >= 0.6 is 0 Å². The summed E-state index contributed by atoms with van der Waals surface area (Å²) in [6.45, 7) is 7.62. The van der Waals surface area contributed by atoms with Crippen LogP contribution in [0.3, 0.4) is 0 Å². The van der Waals surface area contributed by atoms with Crippen LogP contribution in [0.4, 0.5) is 0 Å². The molecule has 1 aliphatic heterocycles. The van der Waals surface area contributed by atoms with Gasteiger partial charge < -0.3 is 20.5 Å². The van der Waals surface area contributed by atoms with Gasteiger partial charge in [-0.3, -0.25) is 9.89 Å². The average Bonchev–Trinajstić information content (AvgIpc) is 2.52. The first kappa shape index (κ1) is 17.4. The topological polar surface area (TPSA) is 72.1 Å². The summed E-state index contributed by atoms with van der Waals surface area (Å²) < 4.78 is 10.8. The Morgan fingerprint density at radius 1 is 1.26 bits per heavy atom. The van der Waals surface area contributed by atoms with E-state index in [0.29, 0.717) is 18.5 Å². The maximum Gasteiger partial charge on any atom is 0.188 e. The third-order valence-electron chi connectivity index (χ3n) is 3.93. The lowest BCUT2D eigenvalue weighted by molar-refractivity contribution is 0.260. The van der Waals surface area contributed by atoms with Crippen molar-refractivity contribution in [2.75, 3.05) is 33.9 Å². The van der Waals surface area contributed by atoms with Crippen LogP contribution < -0.4 is 20.5 Å². The Balaban J connectivity index is 1.95. The predicted molar refractivity (Wildman–Crippen MR) is 93.3 cm³/mol.